The summed E-state index contributed by atoms with van der Waals surface area (Å²) in [7, 11) is 3.73. The molecule has 1 aromatic carbocycles. The maximum Gasteiger partial charge on any atom is 0.255 e. The standard InChI is InChI=1S/C17H20FN5O/c1-22(2)15-14(11-19-17(21-15)23-9-3-4-10-23)20-16(24)12-5-7-13(18)8-6-12/h5-8,11H,3-4,9-10H2,1-2H3,(H,20,24). The van der Waals surface area contributed by atoms with Crippen molar-refractivity contribution in [2.45, 2.75) is 12.8 Å². The van der Waals surface area contributed by atoms with Gasteiger partial charge in [-0.1, -0.05) is 0 Å². The molecule has 0 spiro atoms. The zero-order chi connectivity index (χ0) is 17.1. The number of hydrogen-bond donors (Lipinski definition) is 1. The molecule has 6 nitrogen and oxygen atoms in total. The molecular weight excluding hydrogens is 309 g/mol. The first-order valence-electron chi connectivity index (χ1n) is 7.91. The molecule has 126 valence electrons. The largest absolute Gasteiger partial charge is 0.361 e. The minimum absolute atomic E-state index is 0.323. The number of amides is 1. The molecule has 0 radical (unpaired) electrons. The van der Waals surface area contributed by atoms with Crippen molar-refractivity contribution in [2.24, 2.45) is 0 Å². The molecule has 1 aromatic heterocycles. The average Bonchev–Trinajstić information content (AvgIpc) is 3.10. The lowest BCUT2D eigenvalue weighted by molar-refractivity contribution is 0.102. The molecule has 0 saturated carbocycles. The Morgan fingerprint density at radius 1 is 1.21 bits per heavy atom. The molecule has 1 saturated heterocycles. The first kappa shape index (κ1) is 16.2. The molecule has 2 aromatic rings. The summed E-state index contributed by atoms with van der Waals surface area (Å²) in [6.07, 6.45) is 3.91. The van der Waals surface area contributed by atoms with Gasteiger partial charge < -0.3 is 15.1 Å². The third-order valence-corrected chi connectivity index (χ3v) is 3.92. The van der Waals surface area contributed by atoms with Crippen LogP contribution in [0.5, 0.6) is 0 Å². The summed E-state index contributed by atoms with van der Waals surface area (Å²) in [5.74, 6) is 0.618. The number of benzene rings is 1. The molecule has 1 aliphatic heterocycles. The number of carbonyl (C=O) groups excluding carboxylic acids is 1. The van der Waals surface area contributed by atoms with E-state index in [1.807, 2.05) is 19.0 Å². The number of nitrogens with zero attached hydrogens (tertiary/aromatic N) is 4. The molecule has 0 atom stereocenters. The first-order valence-corrected chi connectivity index (χ1v) is 7.91. The summed E-state index contributed by atoms with van der Waals surface area (Å²) in [6.45, 7) is 1.91. The number of rotatable bonds is 4. The van der Waals surface area contributed by atoms with Crippen molar-refractivity contribution in [3.63, 3.8) is 0 Å². The van der Waals surface area contributed by atoms with Gasteiger partial charge in [0, 0.05) is 32.7 Å². The number of halogens is 1. The Labute approximate surface area is 140 Å². The van der Waals surface area contributed by atoms with Gasteiger partial charge in [-0.25, -0.2) is 9.37 Å². The number of anilines is 3. The van der Waals surface area contributed by atoms with Gasteiger partial charge in [0.1, 0.15) is 11.5 Å². The van der Waals surface area contributed by atoms with Crippen molar-refractivity contribution in [3.05, 3.63) is 41.8 Å². The van der Waals surface area contributed by atoms with Gasteiger partial charge in [0.05, 0.1) is 6.20 Å². The molecule has 0 unspecified atom stereocenters. The van der Waals surface area contributed by atoms with Gasteiger partial charge in [-0.2, -0.15) is 4.98 Å². The van der Waals surface area contributed by atoms with Crippen molar-refractivity contribution in [1.29, 1.82) is 0 Å². The van der Waals surface area contributed by atoms with Crippen LogP contribution in [0.4, 0.5) is 21.8 Å². The van der Waals surface area contributed by atoms with E-state index in [1.54, 1.807) is 6.20 Å². The minimum atomic E-state index is -0.376. The molecule has 3 rings (SSSR count). The SMILES string of the molecule is CN(C)c1nc(N2CCCC2)ncc1NC(=O)c1ccc(F)cc1. The first-order chi connectivity index (χ1) is 11.5. The van der Waals surface area contributed by atoms with Crippen LogP contribution in [0, 0.1) is 5.82 Å². The van der Waals surface area contributed by atoms with Crippen molar-refractivity contribution in [3.8, 4) is 0 Å². The lowest BCUT2D eigenvalue weighted by atomic mass is 10.2. The van der Waals surface area contributed by atoms with E-state index in [-0.39, 0.29) is 11.7 Å². The zero-order valence-electron chi connectivity index (χ0n) is 13.8. The molecule has 0 aliphatic carbocycles. The van der Waals surface area contributed by atoms with E-state index < -0.39 is 0 Å². The van der Waals surface area contributed by atoms with E-state index in [2.05, 4.69) is 20.2 Å². The second-order valence-electron chi connectivity index (χ2n) is 5.96. The van der Waals surface area contributed by atoms with Crippen molar-refractivity contribution >= 4 is 23.4 Å². The van der Waals surface area contributed by atoms with E-state index in [1.165, 1.54) is 24.3 Å². The van der Waals surface area contributed by atoms with Gasteiger partial charge in [-0.05, 0) is 37.1 Å². The summed E-state index contributed by atoms with van der Waals surface area (Å²) in [6, 6.07) is 5.41. The van der Waals surface area contributed by atoms with Crippen molar-refractivity contribution in [2.75, 3.05) is 42.3 Å². The Morgan fingerprint density at radius 3 is 2.50 bits per heavy atom. The van der Waals surface area contributed by atoms with Crippen molar-refractivity contribution in [1.82, 2.24) is 9.97 Å². The fourth-order valence-corrected chi connectivity index (χ4v) is 2.66. The van der Waals surface area contributed by atoms with Crippen LogP contribution in [0.2, 0.25) is 0 Å². The lowest BCUT2D eigenvalue weighted by Gasteiger charge is -2.21. The average molecular weight is 329 g/mol. The normalized spacial score (nSPS) is 13.9. The topological polar surface area (TPSA) is 61.4 Å². The number of hydrogen-bond acceptors (Lipinski definition) is 5. The van der Waals surface area contributed by atoms with Crippen LogP contribution in [0.15, 0.2) is 30.5 Å². The highest BCUT2D eigenvalue weighted by Gasteiger charge is 2.19. The Balaban J connectivity index is 1.83. The highest BCUT2D eigenvalue weighted by molar-refractivity contribution is 6.05. The second-order valence-corrected chi connectivity index (χ2v) is 5.96. The zero-order valence-corrected chi connectivity index (χ0v) is 13.8. The Hall–Kier alpha value is -2.70. The number of aromatic nitrogens is 2. The van der Waals surface area contributed by atoms with E-state index in [9.17, 15) is 9.18 Å². The van der Waals surface area contributed by atoms with Gasteiger partial charge in [-0.15, -0.1) is 0 Å². The molecule has 2 heterocycles. The molecule has 1 fully saturated rings. The Bertz CT molecular complexity index is 726. The van der Waals surface area contributed by atoms with Gasteiger partial charge in [0.15, 0.2) is 5.82 Å². The fourth-order valence-electron chi connectivity index (χ4n) is 2.66. The van der Waals surface area contributed by atoms with Gasteiger partial charge >= 0.3 is 0 Å². The summed E-state index contributed by atoms with van der Waals surface area (Å²) in [5.41, 5.74) is 0.905. The smallest absolute Gasteiger partial charge is 0.255 e. The van der Waals surface area contributed by atoms with E-state index in [4.69, 9.17) is 0 Å². The van der Waals surface area contributed by atoms with Crippen LogP contribution in [0.3, 0.4) is 0 Å². The maximum atomic E-state index is 13.0. The summed E-state index contributed by atoms with van der Waals surface area (Å²) >= 11 is 0. The van der Waals surface area contributed by atoms with Crippen LogP contribution in [0.1, 0.15) is 23.2 Å². The highest BCUT2D eigenvalue weighted by Crippen LogP contribution is 2.25. The molecule has 1 amide bonds. The molecule has 24 heavy (non-hydrogen) atoms. The monoisotopic (exact) mass is 329 g/mol. The predicted octanol–water partition coefficient (Wildman–Crippen LogP) is 2.53. The quantitative estimate of drug-likeness (QED) is 0.934. The van der Waals surface area contributed by atoms with Crippen molar-refractivity contribution < 1.29 is 9.18 Å². The molecule has 0 bridgehead atoms. The van der Waals surface area contributed by atoms with Gasteiger partial charge in [-0.3, -0.25) is 4.79 Å². The summed E-state index contributed by atoms with van der Waals surface area (Å²) in [4.78, 5) is 25.3. The van der Waals surface area contributed by atoms with Gasteiger partial charge in [0.25, 0.3) is 5.91 Å². The Morgan fingerprint density at radius 2 is 1.88 bits per heavy atom. The minimum Gasteiger partial charge on any atom is -0.361 e. The number of nitrogens with one attached hydrogen (secondary N) is 1. The molecule has 1 N–H and O–H groups in total. The van der Waals surface area contributed by atoms with Crippen LogP contribution in [-0.2, 0) is 0 Å². The summed E-state index contributed by atoms with van der Waals surface area (Å²) in [5, 5.41) is 2.80. The fraction of sp³-hybridized carbons (Fsp3) is 0.353. The van der Waals surface area contributed by atoms with Crippen LogP contribution < -0.4 is 15.1 Å². The third-order valence-electron chi connectivity index (χ3n) is 3.92. The van der Waals surface area contributed by atoms with E-state index >= 15 is 0 Å². The number of carbonyl (C=O) groups is 1. The molecule has 7 heteroatoms. The maximum absolute atomic E-state index is 13.0. The predicted molar refractivity (Wildman–Crippen MR) is 92.2 cm³/mol. The molecule has 1 aliphatic rings. The van der Waals surface area contributed by atoms with Crippen LogP contribution in [-0.4, -0.2) is 43.1 Å². The Kier molecular flexibility index (Phi) is 4.59. The lowest BCUT2D eigenvalue weighted by Crippen LogP contribution is -2.23. The highest BCUT2D eigenvalue weighted by atomic mass is 19.1. The second kappa shape index (κ2) is 6.82. The molecular formula is C17H20FN5O. The van der Waals surface area contributed by atoms with E-state index in [0.717, 1.165) is 25.9 Å². The summed E-state index contributed by atoms with van der Waals surface area (Å²) < 4.78 is 13.0. The van der Waals surface area contributed by atoms with Gasteiger partial charge in [0.2, 0.25) is 5.95 Å². The van der Waals surface area contributed by atoms with E-state index in [0.29, 0.717) is 23.0 Å². The van der Waals surface area contributed by atoms with Crippen LogP contribution in [0.25, 0.3) is 0 Å². The third kappa shape index (κ3) is 3.45. The van der Waals surface area contributed by atoms with Crippen LogP contribution >= 0.6 is 0 Å².